The number of nitro benzene ring substituents is 1. The van der Waals surface area contributed by atoms with Crippen molar-refractivity contribution in [2.24, 2.45) is 5.92 Å². The monoisotopic (exact) mass is 322 g/mol. The summed E-state index contributed by atoms with van der Waals surface area (Å²) in [5, 5.41) is 10.7. The van der Waals surface area contributed by atoms with Gasteiger partial charge in [0.05, 0.1) is 18.0 Å². The topological polar surface area (TPSA) is 89.8 Å². The molecule has 126 valence electrons. The van der Waals surface area contributed by atoms with Crippen molar-refractivity contribution in [2.75, 3.05) is 19.7 Å². The quantitative estimate of drug-likeness (QED) is 0.417. The van der Waals surface area contributed by atoms with Crippen LogP contribution in [-0.4, -0.2) is 41.4 Å². The standard InChI is InChI=1S/C16H22N2O5/c1-4-23-15(19)9-10-17(11-12(2)3)16(20)13-5-7-14(8-6-13)18(21)22/h5-8,12H,4,9-11H2,1-3H3. The number of carbonyl (C=O) groups excluding carboxylic acids is 2. The summed E-state index contributed by atoms with van der Waals surface area (Å²) in [6.07, 6.45) is 0.124. The molecule has 0 radical (unpaired) electrons. The maximum atomic E-state index is 12.5. The predicted molar refractivity (Wildman–Crippen MR) is 85.1 cm³/mol. The van der Waals surface area contributed by atoms with Gasteiger partial charge in [0.25, 0.3) is 11.6 Å². The number of hydrogen-bond donors (Lipinski definition) is 0. The molecule has 0 aliphatic heterocycles. The van der Waals surface area contributed by atoms with E-state index < -0.39 is 4.92 Å². The molecule has 1 aromatic carbocycles. The van der Waals surface area contributed by atoms with E-state index in [-0.39, 0.29) is 36.4 Å². The number of hydrogen-bond acceptors (Lipinski definition) is 5. The largest absolute Gasteiger partial charge is 0.466 e. The molecule has 1 aromatic rings. The fourth-order valence-corrected chi connectivity index (χ4v) is 2.08. The van der Waals surface area contributed by atoms with E-state index in [1.807, 2.05) is 13.8 Å². The molecule has 0 saturated heterocycles. The van der Waals surface area contributed by atoms with Crippen LogP contribution in [0.25, 0.3) is 0 Å². The summed E-state index contributed by atoms with van der Waals surface area (Å²) in [6.45, 7) is 6.73. The summed E-state index contributed by atoms with van der Waals surface area (Å²) >= 11 is 0. The van der Waals surface area contributed by atoms with Gasteiger partial charge in [-0.15, -0.1) is 0 Å². The molecule has 23 heavy (non-hydrogen) atoms. The minimum Gasteiger partial charge on any atom is -0.466 e. The summed E-state index contributed by atoms with van der Waals surface area (Å²) in [7, 11) is 0. The third kappa shape index (κ3) is 6.06. The highest BCUT2D eigenvalue weighted by Gasteiger charge is 2.19. The molecular weight excluding hydrogens is 300 g/mol. The highest BCUT2D eigenvalue weighted by Crippen LogP contribution is 2.14. The van der Waals surface area contributed by atoms with E-state index in [9.17, 15) is 19.7 Å². The highest BCUT2D eigenvalue weighted by molar-refractivity contribution is 5.94. The van der Waals surface area contributed by atoms with E-state index in [1.54, 1.807) is 11.8 Å². The first kappa shape index (κ1) is 18.6. The van der Waals surface area contributed by atoms with Crippen molar-refractivity contribution >= 4 is 17.6 Å². The zero-order valence-electron chi connectivity index (χ0n) is 13.7. The van der Waals surface area contributed by atoms with Crippen molar-refractivity contribution in [3.63, 3.8) is 0 Å². The molecule has 0 unspecified atom stereocenters. The van der Waals surface area contributed by atoms with Crippen LogP contribution in [-0.2, 0) is 9.53 Å². The molecule has 1 rings (SSSR count). The Morgan fingerprint density at radius 2 is 1.87 bits per heavy atom. The number of amides is 1. The zero-order chi connectivity index (χ0) is 17.4. The Labute approximate surface area is 135 Å². The van der Waals surface area contributed by atoms with Gasteiger partial charge in [0.15, 0.2) is 0 Å². The van der Waals surface area contributed by atoms with Crippen molar-refractivity contribution in [3.8, 4) is 0 Å². The van der Waals surface area contributed by atoms with Crippen LogP contribution in [0.3, 0.4) is 0 Å². The fourth-order valence-electron chi connectivity index (χ4n) is 2.08. The molecule has 0 aromatic heterocycles. The lowest BCUT2D eigenvalue weighted by atomic mass is 10.1. The molecule has 0 aliphatic carbocycles. The smallest absolute Gasteiger partial charge is 0.307 e. The molecule has 1 amide bonds. The average Bonchev–Trinajstić information content (AvgIpc) is 2.50. The Bertz CT molecular complexity index is 554. The minimum atomic E-state index is -0.513. The maximum Gasteiger partial charge on any atom is 0.307 e. The van der Waals surface area contributed by atoms with Gasteiger partial charge in [-0.05, 0) is 25.0 Å². The fraction of sp³-hybridized carbons (Fsp3) is 0.500. The molecular formula is C16H22N2O5. The van der Waals surface area contributed by atoms with Crippen LogP contribution in [0.2, 0.25) is 0 Å². The Morgan fingerprint density at radius 1 is 1.26 bits per heavy atom. The van der Waals surface area contributed by atoms with Crippen LogP contribution in [0.15, 0.2) is 24.3 Å². The zero-order valence-corrected chi connectivity index (χ0v) is 13.7. The van der Waals surface area contributed by atoms with E-state index in [0.29, 0.717) is 18.7 Å². The van der Waals surface area contributed by atoms with Gasteiger partial charge in [0, 0.05) is 30.8 Å². The molecule has 0 spiro atoms. The number of rotatable bonds is 8. The third-order valence-electron chi connectivity index (χ3n) is 3.09. The summed E-state index contributed by atoms with van der Waals surface area (Å²) in [5.74, 6) is -0.366. The number of nitrogens with zero attached hydrogens (tertiary/aromatic N) is 2. The highest BCUT2D eigenvalue weighted by atomic mass is 16.6. The number of benzene rings is 1. The Morgan fingerprint density at radius 3 is 2.35 bits per heavy atom. The van der Waals surface area contributed by atoms with Crippen LogP contribution >= 0.6 is 0 Å². The first-order chi connectivity index (χ1) is 10.8. The van der Waals surface area contributed by atoms with Crippen LogP contribution < -0.4 is 0 Å². The average molecular weight is 322 g/mol. The van der Waals surface area contributed by atoms with Gasteiger partial charge in [-0.3, -0.25) is 19.7 Å². The van der Waals surface area contributed by atoms with Gasteiger partial charge in [-0.25, -0.2) is 0 Å². The predicted octanol–water partition coefficient (Wildman–Crippen LogP) is 2.65. The van der Waals surface area contributed by atoms with Crippen molar-refractivity contribution in [3.05, 3.63) is 39.9 Å². The second-order valence-electron chi connectivity index (χ2n) is 5.50. The SMILES string of the molecule is CCOC(=O)CCN(CC(C)C)C(=O)c1ccc([N+](=O)[O-])cc1. The van der Waals surface area contributed by atoms with Crippen molar-refractivity contribution in [2.45, 2.75) is 27.2 Å². The number of ether oxygens (including phenoxy) is 1. The lowest BCUT2D eigenvalue weighted by molar-refractivity contribution is -0.384. The van der Waals surface area contributed by atoms with E-state index in [4.69, 9.17) is 4.74 Å². The maximum absolute atomic E-state index is 12.5. The summed E-state index contributed by atoms with van der Waals surface area (Å²) in [6, 6.07) is 5.45. The first-order valence-electron chi connectivity index (χ1n) is 7.54. The first-order valence-corrected chi connectivity index (χ1v) is 7.54. The molecule has 7 nitrogen and oxygen atoms in total. The van der Waals surface area contributed by atoms with Crippen molar-refractivity contribution < 1.29 is 19.2 Å². The summed E-state index contributed by atoms with van der Waals surface area (Å²) in [4.78, 5) is 35.7. The van der Waals surface area contributed by atoms with Crippen molar-refractivity contribution in [1.82, 2.24) is 4.90 Å². The molecule has 0 aliphatic rings. The lowest BCUT2D eigenvalue weighted by Crippen LogP contribution is -2.36. The van der Waals surface area contributed by atoms with Crippen LogP contribution in [0.5, 0.6) is 0 Å². The van der Waals surface area contributed by atoms with Crippen LogP contribution in [0.4, 0.5) is 5.69 Å². The van der Waals surface area contributed by atoms with E-state index >= 15 is 0 Å². The van der Waals surface area contributed by atoms with Gasteiger partial charge < -0.3 is 9.64 Å². The Hall–Kier alpha value is -2.44. The molecule has 0 fully saturated rings. The number of nitro groups is 1. The van der Waals surface area contributed by atoms with Gasteiger partial charge >= 0.3 is 5.97 Å². The van der Waals surface area contributed by atoms with E-state index in [1.165, 1.54) is 24.3 Å². The van der Waals surface area contributed by atoms with Crippen LogP contribution in [0.1, 0.15) is 37.6 Å². The number of non-ortho nitro benzene ring substituents is 1. The van der Waals surface area contributed by atoms with Crippen LogP contribution in [0, 0.1) is 16.0 Å². The Balaban J connectivity index is 2.81. The second-order valence-corrected chi connectivity index (χ2v) is 5.50. The molecule has 0 bridgehead atoms. The second kappa shape index (κ2) is 8.87. The third-order valence-corrected chi connectivity index (χ3v) is 3.09. The summed E-state index contributed by atoms with van der Waals surface area (Å²) < 4.78 is 4.87. The van der Waals surface area contributed by atoms with Gasteiger partial charge in [-0.2, -0.15) is 0 Å². The molecule has 0 N–H and O–H groups in total. The molecule has 0 saturated carbocycles. The van der Waals surface area contributed by atoms with E-state index in [2.05, 4.69) is 0 Å². The summed E-state index contributed by atoms with van der Waals surface area (Å²) in [5.41, 5.74) is 0.295. The van der Waals surface area contributed by atoms with Gasteiger partial charge in [-0.1, -0.05) is 13.8 Å². The van der Waals surface area contributed by atoms with Crippen molar-refractivity contribution in [1.29, 1.82) is 0 Å². The number of esters is 1. The number of carbonyl (C=O) groups is 2. The van der Waals surface area contributed by atoms with Gasteiger partial charge in [0.2, 0.25) is 0 Å². The lowest BCUT2D eigenvalue weighted by Gasteiger charge is -2.24. The molecule has 0 atom stereocenters. The normalized spacial score (nSPS) is 10.4. The Kier molecular flexibility index (Phi) is 7.18. The van der Waals surface area contributed by atoms with E-state index in [0.717, 1.165) is 0 Å². The minimum absolute atomic E-state index is 0.0662. The molecule has 0 heterocycles. The van der Waals surface area contributed by atoms with Gasteiger partial charge in [0.1, 0.15) is 0 Å². The molecule has 7 heteroatoms.